The Hall–Kier alpha value is -2.00. The van der Waals surface area contributed by atoms with Crippen molar-refractivity contribution < 1.29 is 26.4 Å². The largest absolute Gasteiger partial charge is 0.416 e. The van der Waals surface area contributed by atoms with Crippen molar-refractivity contribution >= 4 is 33.2 Å². The Morgan fingerprint density at radius 2 is 1.83 bits per heavy atom. The van der Waals surface area contributed by atoms with Crippen molar-refractivity contribution in [1.82, 2.24) is 0 Å². The molecule has 0 saturated carbocycles. The fraction of sp³-hybridized carbons (Fsp3) is 0.381. The lowest BCUT2D eigenvalue weighted by molar-refractivity contribution is -0.137. The number of nitrogens with zero attached hydrogens (tertiary/aromatic N) is 1. The van der Waals surface area contributed by atoms with Gasteiger partial charge in [0.15, 0.2) is 9.84 Å². The van der Waals surface area contributed by atoms with Crippen molar-refractivity contribution in [2.75, 3.05) is 17.2 Å². The van der Waals surface area contributed by atoms with Gasteiger partial charge in [-0.05, 0) is 43.7 Å². The third kappa shape index (κ3) is 5.18. The van der Waals surface area contributed by atoms with E-state index in [1.54, 1.807) is 12.1 Å². The van der Waals surface area contributed by atoms with Crippen molar-refractivity contribution in [2.24, 2.45) is 0 Å². The number of thioether (sulfide) groups is 1. The first-order valence-corrected chi connectivity index (χ1v) is 12.0. The van der Waals surface area contributed by atoms with Gasteiger partial charge in [0.05, 0.1) is 21.9 Å². The molecule has 0 N–H and O–H groups in total. The summed E-state index contributed by atoms with van der Waals surface area (Å²) in [4.78, 5) is 14.9. The van der Waals surface area contributed by atoms with Crippen LogP contribution in [0.25, 0.3) is 0 Å². The van der Waals surface area contributed by atoms with Crippen LogP contribution >= 0.6 is 11.8 Å². The van der Waals surface area contributed by atoms with Crippen molar-refractivity contribution in [3.8, 4) is 0 Å². The summed E-state index contributed by atoms with van der Waals surface area (Å²) in [7, 11) is -3.67. The molecule has 2 aromatic rings. The first-order chi connectivity index (χ1) is 14.0. The molecule has 1 aliphatic rings. The van der Waals surface area contributed by atoms with Gasteiger partial charge >= 0.3 is 6.18 Å². The Morgan fingerprint density at radius 1 is 1.17 bits per heavy atom. The molecule has 1 atom stereocenters. The molecule has 0 fully saturated rings. The van der Waals surface area contributed by atoms with Crippen LogP contribution in [-0.4, -0.2) is 31.9 Å². The summed E-state index contributed by atoms with van der Waals surface area (Å²) in [5.74, 6) is -0.900. The summed E-state index contributed by atoms with van der Waals surface area (Å²) < 4.78 is 64.7. The van der Waals surface area contributed by atoms with Gasteiger partial charge in [-0.25, -0.2) is 8.42 Å². The quantitative estimate of drug-likeness (QED) is 0.641. The van der Waals surface area contributed by atoms with E-state index in [1.165, 1.54) is 34.9 Å². The number of rotatable bonds is 4. The number of benzene rings is 2. The van der Waals surface area contributed by atoms with E-state index in [4.69, 9.17) is 0 Å². The highest BCUT2D eigenvalue weighted by atomic mass is 32.2. The number of amides is 1. The number of hydrogen-bond acceptors (Lipinski definition) is 4. The Labute approximate surface area is 178 Å². The van der Waals surface area contributed by atoms with Crippen LogP contribution in [0.2, 0.25) is 0 Å². The predicted octanol–water partition coefficient (Wildman–Crippen LogP) is 5.10. The second-order valence-corrected chi connectivity index (χ2v) is 10.9. The van der Waals surface area contributed by atoms with Gasteiger partial charge in [-0.1, -0.05) is 24.6 Å². The maximum Gasteiger partial charge on any atom is 0.416 e. The summed E-state index contributed by atoms with van der Waals surface area (Å²) in [6.45, 7) is 4.03. The lowest BCUT2D eigenvalue weighted by Gasteiger charge is -2.23. The average Bonchev–Trinajstić information content (AvgIpc) is 2.83. The van der Waals surface area contributed by atoms with Crippen LogP contribution in [0, 0.1) is 6.92 Å². The van der Waals surface area contributed by atoms with Crippen molar-refractivity contribution in [1.29, 1.82) is 0 Å². The highest BCUT2D eigenvalue weighted by molar-refractivity contribution is 8.00. The summed E-state index contributed by atoms with van der Waals surface area (Å²) in [6.07, 6.45) is -4.23. The second kappa shape index (κ2) is 8.63. The zero-order chi connectivity index (χ0) is 22.1. The van der Waals surface area contributed by atoms with E-state index in [-0.39, 0.29) is 28.8 Å². The van der Waals surface area contributed by atoms with E-state index in [0.717, 1.165) is 17.7 Å². The van der Waals surface area contributed by atoms with Crippen LogP contribution in [0.3, 0.4) is 0 Å². The van der Waals surface area contributed by atoms with Gasteiger partial charge in [-0.3, -0.25) is 4.79 Å². The Bertz CT molecular complexity index is 1030. The minimum atomic E-state index is -4.53. The predicted molar refractivity (Wildman–Crippen MR) is 112 cm³/mol. The van der Waals surface area contributed by atoms with Gasteiger partial charge in [0, 0.05) is 23.1 Å². The van der Waals surface area contributed by atoms with Gasteiger partial charge in [0.2, 0.25) is 5.91 Å². The Kier molecular flexibility index (Phi) is 6.52. The maximum atomic E-state index is 13.2. The van der Waals surface area contributed by atoms with Crippen molar-refractivity contribution in [2.45, 2.75) is 47.9 Å². The number of fused-ring (bicyclic) bond motifs is 1. The van der Waals surface area contributed by atoms with Gasteiger partial charge in [0.1, 0.15) is 0 Å². The fourth-order valence-corrected chi connectivity index (χ4v) is 5.51. The van der Waals surface area contributed by atoms with Crippen LogP contribution in [0.5, 0.6) is 0 Å². The first-order valence-electron chi connectivity index (χ1n) is 9.45. The highest BCUT2D eigenvalue weighted by Gasteiger charge is 2.33. The number of aryl methyl sites for hydroxylation is 1. The fourth-order valence-electron chi connectivity index (χ4n) is 3.19. The molecule has 0 aromatic heterocycles. The summed E-state index contributed by atoms with van der Waals surface area (Å²) in [6, 6.07) is 9.71. The normalized spacial score (nSPS) is 17.4. The molecule has 162 valence electrons. The maximum absolute atomic E-state index is 13.2. The third-order valence-electron chi connectivity index (χ3n) is 4.93. The van der Waals surface area contributed by atoms with Gasteiger partial charge in [-0.15, -0.1) is 11.8 Å². The minimum Gasteiger partial charge on any atom is -0.311 e. The molecule has 0 aliphatic carbocycles. The highest BCUT2D eigenvalue weighted by Crippen LogP contribution is 2.41. The molecule has 1 amide bonds. The lowest BCUT2D eigenvalue weighted by Crippen LogP contribution is -2.33. The van der Waals surface area contributed by atoms with Crippen LogP contribution in [-0.2, 0) is 20.8 Å². The van der Waals surface area contributed by atoms with E-state index >= 15 is 0 Å². The molecular formula is C21H22F3NO3S2. The van der Waals surface area contributed by atoms with E-state index in [9.17, 15) is 26.4 Å². The van der Waals surface area contributed by atoms with Gasteiger partial charge < -0.3 is 4.90 Å². The molecule has 1 heterocycles. The van der Waals surface area contributed by atoms with Crippen LogP contribution in [0.4, 0.5) is 18.9 Å². The van der Waals surface area contributed by atoms with Crippen LogP contribution in [0.15, 0.2) is 52.3 Å². The molecule has 1 unspecified atom stereocenters. The molecule has 30 heavy (non-hydrogen) atoms. The molecule has 0 saturated heterocycles. The molecule has 9 heteroatoms. The number of alkyl halides is 3. The molecule has 1 aliphatic heterocycles. The van der Waals surface area contributed by atoms with Crippen LogP contribution < -0.4 is 4.90 Å². The topological polar surface area (TPSA) is 54.5 Å². The molecular weight excluding hydrogens is 435 g/mol. The molecule has 0 radical (unpaired) electrons. The summed E-state index contributed by atoms with van der Waals surface area (Å²) in [5, 5.41) is 0.120. The number of sulfone groups is 1. The average molecular weight is 458 g/mol. The number of hydrogen-bond donors (Lipinski definition) is 0. The SMILES string of the molecule is Cc1ccc(S(=O)(=O)CCC(=O)N2CCC(C)Sc3ccc(C(F)(F)F)cc32)cc1. The smallest absolute Gasteiger partial charge is 0.311 e. The summed E-state index contributed by atoms with van der Waals surface area (Å²) in [5.41, 5.74) is 0.275. The van der Waals surface area contributed by atoms with Gasteiger partial charge in [0.25, 0.3) is 0 Å². The zero-order valence-electron chi connectivity index (χ0n) is 16.6. The second-order valence-electron chi connectivity index (χ2n) is 7.32. The standard InChI is InChI=1S/C21H22F3NO3S2/c1-14-3-6-17(7-4-14)30(27,28)12-10-20(26)25-11-9-15(2)29-19-8-5-16(13-18(19)25)21(22,23)24/h3-8,13,15H,9-12H2,1-2H3. The van der Waals surface area contributed by atoms with Crippen LogP contribution in [0.1, 0.15) is 30.9 Å². The van der Waals surface area contributed by atoms with Crippen molar-refractivity contribution in [3.05, 3.63) is 53.6 Å². The number of carbonyl (C=O) groups excluding carboxylic acids is 1. The van der Waals surface area contributed by atoms with E-state index in [0.29, 0.717) is 11.3 Å². The lowest BCUT2D eigenvalue weighted by atomic mass is 10.1. The van der Waals surface area contributed by atoms with Gasteiger partial charge in [-0.2, -0.15) is 13.2 Å². The third-order valence-corrected chi connectivity index (χ3v) is 7.90. The van der Waals surface area contributed by atoms with E-state index in [1.807, 2.05) is 13.8 Å². The monoisotopic (exact) mass is 457 g/mol. The Balaban J connectivity index is 1.84. The molecule has 2 aromatic carbocycles. The van der Waals surface area contributed by atoms with E-state index in [2.05, 4.69) is 0 Å². The molecule has 0 spiro atoms. The van der Waals surface area contributed by atoms with Crippen molar-refractivity contribution in [3.63, 3.8) is 0 Å². The first kappa shape index (κ1) is 22.7. The number of carbonyl (C=O) groups is 1. The zero-order valence-corrected chi connectivity index (χ0v) is 18.2. The van der Waals surface area contributed by atoms with E-state index < -0.39 is 33.2 Å². The minimum absolute atomic E-state index is 0.120. The number of halogens is 3. The molecule has 4 nitrogen and oxygen atoms in total. The number of anilines is 1. The molecule has 0 bridgehead atoms. The molecule has 3 rings (SSSR count). The Morgan fingerprint density at radius 3 is 2.47 bits per heavy atom. The summed E-state index contributed by atoms with van der Waals surface area (Å²) >= 11 is 1.42.